The molecule has 0 aromatic heterocycles. The molecular formula is C16H23NO. The van der Waals surface area contributed by atoms with Gasteiger partial charge in [-0.1, -0.05) is 32.9 Å². The first-order chi connectivity index (χ1) is 8.53. The summed E-state index contributed by atoms with van der Waals surface area (Å²) in [6.45, 7) is 9.00. The van der Waals surface area contributed by atoms with Gasteiger partial charge in [0.05, 0.1) is 6.61 Å². The van der Waals surface area contributed by atoms with Gasteiger partial charge in [0, 0.05) is 12.0 Å². The van der Waals surface area contributed by atoms with Crippen molar-refractivity contribution in [3.63, 3.8) is 0 Å². The van der Waals surface area contributed by atoms with Crippen LogP contribution < -0.4 is 10.1 Å². The van der Waals surface area contributed by atoms with Crippen LogP contribution in [-0.4, -0.2) is 13.2 Å². The van der Waals surface area contributed by atoms with Crippen molar-refractivity contribution < 1.29 is 4.74 Å². The highest BCUT2D eigenvalue weighted by Crippen LogP contribution is 2.46. The molecule has 1 fully saturated rings. The Bertz CT molecular complexity index is 453. The van der Waals surface area contributed by atoms with E-state index in [4.69, 9.17) is 4.74 Å². The lowest BCUT2D eigenvalue weighted by molar-refractivity contribution is 0.160. The molecule has 1 saturated heterocycles. The number of benzene rings is 1. The van der Waals surface area contributed by atoms with Gasteiger partial charge >= 0.3 is 0 Å². The van der Waals surface area contributed by atoms with Gasteiger partial charge in [-0.2, -0.15) is 0 Å². The van der Waals surface area contributed by atoms with Crippen LogP contribution in [0.4, 0.5) is 0 Å². The van der Waals surface area contributed by atoms with Crippen molar-refractivity contribution >= 4 is 0 Å². The van der Waals surface area contributed by atoms with Crippen LogP contribution in [0, 0.1) is 5.41 Å². The Morgan fingerprint density at radius 1 is 1.28 bits per heavy atom. The molecule has 1 unspecified atom stereocenters. The van der Waals surface area contributed by atoms with E-state index in [2.05, 4.69) is 44.3 Å². The largest absolute Gasteiger partial charge is 0.493 e. The Hall–Kier alpha value is -1.02. The van der Waals surface area contributed by atoms with E-state index < -0.39 is 0 Å². The van der Waals surface area contributed by atoms with Crippen LogP contribution in [0.15, 0.2) is 18.2 Å². The lowest BCUT2D eigenvalue weighted by Gasteiger charge is -2.43. The van der Waals surface area contributed by atoms with Gasteiger partial charge in [0.1, 0.15) is 5.75 Å². The van der Waals surface area contributed by atoms with Crippen molar-refractivity contribution in [2.75, 3.05) is 13.2 Å². The van der Waals surface area contributed by atoms with Gasteiger partial charge in [0.25, 0.3) is 0 Å². The van der Waals surface area contributed by atoms with Gasteiger partial charge < -0.3 is 10.1 Å². The molecule has 1 aromatic rings. The van der Waals surface area contributed by atoms with E-state index in [-0.39, 0.29) is 11.0 Å². The van der Waals surface area contributed by atoms with Gasteiger partial charge in [-0.05, 0) is 42.0 Å². The van der Waals surface area contributed by atoms with E-state index in [1.54, 1.807) is 0 Å². The normalized spacial score (nSPS) is 27.1. The Kier molecular flexibility index (Phi) is 2.67. The maximum atomic E-state index is 5.61. The molecule has 1 N–H and O–H groups in total. The van der Waals surface area contributed by atoms with Gasteiger partial charge in [-0.15, -0.1) is 0 Å². The summed E-state index contributed by atoms with van der Waals surface area (Å²) in [5.41, 5.74) is 3.18. The van der Waals surface area contributed by atoms with Gasteiger partial charge in [-0.3, -0.25) is 0 Å². The van der Waals surface area contributed by atoms with E-state index in [1.165, 1.54) is 24.0 Å². The van der Waals surface area contributed by atoms with Crippen LogP contribution in [0.3, 0.4) is 0 Å². The molecule has 0 bridgehead atoms. The molecule has 0 amide bonds. The summed E-state index contributed by atoms with van der Waals surface area (Å²) in [6, 6.07) is 6.78. The Morgan fingerprint density at radius 2 is 2.11 bits per heavy atom. The summed E-state index contributed by atoms with van der Waals surface area (Å²) in [4.78, 5) is 0. The maximum absolute atomic E-state index is 5.61. The fourth-order valence-electron chi connectivity index (χ4n) is 3.52. The minimum absolute atomic E-state index is 0.130. The topological polar surface area (TPSA) is 21.3 Å². The predicted octanol–water partition coefficient (Wildman–Crippen LogP) is 3.25. The first-order valence-electron chi connectivity index (χ1n) is 7.04. The number of rotatable bonds is 1. The quantitative estimate of drug-likeness (QED) is 0.820. The molecule has 98 valence electrons. The van der Waals surface area contributed by atoms with Gasteiger partial charge in [0.15, 0.2) is 0 Å². The van der Waals surface area contributed by atoms with Gasteiger partial charge in [0.2, 0.25) is 0 Å². The van der Waals surface area contributed by atoms with E-state index in [0.29, 0.717) is 0 Å². The molecule has 1 atom stereocenters. The average Bonchev–Trinajstić information content (AvgIpc) is 2.96. The zero-order valence-corrected chi connectivity index (χ0v) is 11.7. The molecule has 18 heavy (non-hydrogen) atoms. The highest BCUT2D eigenvalue weighted by atomic mass is 16.5. The fourth-order valence-corrected chi connectivity index (χ4v) is 3.52. The minimum atomic E-state index is 0.130. The maximum Gasteiger partial charge on any atom is 0.122 e. The number of hydrogen-bond acceptors (Lipinski definition) is 2. The second-order valence-corrected chi connectivity index (χ2v) is 6.61. The molecule has 0 spiro atoms. The SMILES string of the molecule is CC(C)(C)C1(c2ccc3c(c2)CCO3)CCCN1. The molecule has 0 radical (unpaired) electrons. The molecule has 2 heterocycles. The Morgan fingerprint density at radius 3 is 2.78 bits per heavy atom. The van der Waals surface area contributed by atoms with Crippen molar-refractivity contribution in [1.82, 2.24) is 5.32 Å². The molecule has 1 aromatic carbocycles. The summed E-state index contributed by atoms with van der Waals surface area (Å²) in [6.07, 6.45) is 3.56. The van der Waals surface area contributed by atoms with Crippen LogP contribution in [0.1, 0.15) is 44.7 Å². The van der Waals surface area contributed by atoms with Crippen LogP contribution in [0.2, 0.25) is 0 Å². The molecule has 2 nitrogen and oxygen atoms in total. The molecular weight excluding hydrogens is 222 g/mol. The molecule has 2 aliphatic heterocycles. The Labute approximate surface area is 110 Å². The third kappa shape index (κ3) is 1.66. The van der Waals surface area contributed by atoms with Crippen molar-refractivity contribution in [3.05, 3.63) is 29.3 Å². The lowest BCUT2D eigenvalue weighted by Crippen LogP contribution is -2.48. The van der Waals surface area contributed by atoms with E-state index in [1.807, 2.05) is 0 Å². The molecule has 2 heteroatoms. The van der Waals surface area contributed by atoms with E-state index in [0.717, 1.165) is 25.3 Å². The lowest BCUT2D eigenvalue weighted by atomic mass is 9.68. The van der Waals surface area contributed by atoms with Crippen LogP contribution in [0.25, 0.3) is 0 Å². The number of hydrogen-bond donors (Lipinski definition) is 1. The van der Waals surface area contributed by atoms with E-state index in [9.17, 15) is 0 Å². The van der Waals surface area contributed by atoms with Crippen molar-refractivity contribution in [2.45, 2.75) is 45.6 Å². The zero-order chi connectivity index (χ0) is 12.8. The zero-order valence-electron chi connectivity index (χ0n) is 11.7. The summed E-state index contributed by atoms with van der Waals surface area (Å²) in [7, 11) is 0. The van der Waals surface area contributed by atoms with Crippen molar-refractivity contribution in [3.8, 4) is 5.75 Å². The van der Waals surface area contributed by atoms with Crippen LogP contribution in [-0.2, 0) is 12.0 Å². The third-order valence-electron chi connectivity index (χ3n) is 4.62. The second-order valence-electron chi connectivity index (χ2n) is 6.61. The summed E-state index contributed by atoms with van der Waals surface area (Å²) < 4.78 is 5.61. The monoisotopic (exact) mass is 245 g/mol. The Balaban J connectivity index is 2.06. The van der Waals surface area contributed by atoms with Crippen LogP contribution >= 0.6 is 0 Å². The first-order valence-corrected chi connectivity index (χ1v) is 7.04. The standard InChI is InChI=1S/C16H23NO/c1-15(2,3)16(8-4-9-17-16)13-5-6-14-12(11-13)7-10-18-14/h5-6,11,17H,4,7-10H2,1-3H3. The summed E-state index contributed by atoms with van der Waals surface area (Å²) in [5, 5.41) is 3.78. The summed E-state index contributed by atoms with van der Waals surface area (Å²) in [5.74, 6) is 1.08. The number of nitrogens with one attached hydrogen (secondary N) is 1. The highest BCUT2D eigenvalue weighted by molar-refractivity contribution is 5.43. The molecule has 2 aliphatic rings. The second kappa shape index (κ2) is 3.99. The first kappa shape index (κ1) is 12.0. The van der Waals surface area contributed by atoms with Crippen molar-refractivity contribution in [1.29, 1.82) is 0 Å². The third-order valence-corrected chi connectivity index (χ3v) is 4.62. The molecule has 3 rings (SSSR count). The average molecular weight is 245 g/mol. The van der Waals surface area contributed by atoms with Gasteiger partial charge in [-0.25, -0.2) is 0 Å². The van der Waals surface area contributed by atoms with E-state index >= 15 is 0 Å². The summed E-state index contributed by atoms with van der Waals surface area (Å²) >= 11 is 0. The van der Waals surface area contributed by atoms with Crippen LogP contribution in [0.5, 0.6) is 5.75 Å². The smallest absolute Gasteiger partial charge is 0.122 e. The fraction of sp³-hybridized carbons (Fsp3) is 0.625. The minimum Gasteiger partial charge on any atom is -0.493 e. The highest BCUT2D eigenvalue weighted by Gasteiger charge is 2.45. The number of ether oxygens (including phenoxy) is 1. The number of fused-ring (bicyclic) bond motifs is 1. The molecule has 0 saturated carbocycles. The predicted molar refractivity (Wildman–Crippen MR) is 74.0 cm³/mol. The van der Waals surface area contributed by atoms with Crippen molar-refractivity contribution in [2.24, 2.45) is 5.41 Å². The molecule has 0 aliphatic carbocycles.